The summed E-state index contributed by atoms with van der Waals surface area (Å²) in [6.45, 7) is 7.34. The molecule has 2 aromatic carbocycles. The summed E-state index contributed by atoms with van der Waals surface area (Å²) < 4.78 is 7.67. The van der Waals surface area contributed by atoms with Gasteiger partial charge in [-0.25, -0.2) is 0 Å². The molecule has 7 heteroatoms. The van der Waals surface area contributed by atoms with E-state index in [0.29, 0.717) is 24.8 Å². The van der Waals surface area contributed by atoms with Gasteiger partial charge < -0.3 is 14.6 Å². The average molecular weight is 466 g/mol. The lowest BCUT2D eigenvalue weighted by Gasteiger charge is -2.30. The van der Waals surface area contributed by atoms with E-state index in [0.717, 1.165) is 33.7 Å². The quantitative estimate of drug-likeness (QED) is 0.538. The van der Waals surface area contributed by atoms with E-state index in [2.05, 4.69) is 29.8 Å². The van der Waals surface area contributed by atoms with Crippen molar-refractivity contribution in [1.82, 2.24) is 9.88 Å². The van der Waals surface area contributed by atoms with Crippen molar-refractivity contribution in [3.8, 4) is 5.75 Å². The molecule has 0 saturated carbocycles. The van der Waals surface area contributed by atoms with Gasteiger partial charge in [-0.05, 0) is 49.6 Å². The molecule has 0 saturated heterocycles. The largest absolute Gasteiger partial charge is 0.494 e. The topological polar surface area (TPSA) is 63.6 Å². The van der Waals surface area contributed by atoms with Gasteiger partial charge in [-0.2, -0.15) is 0 Å². The van der Waals surface area contributed by atoms with Crippen molar-refractivity contribution in [2.75, 3.05) is 23.8 Å². The molecule has 1 aliphatic heterocycles. The third-order valence-electron chi connectivity index (χ3n) is 5.92. The highest BCUT2D eigenvalue weighted by molar-refractivity contribution is 8.00. The van der Waals surface area contributed by atoms with Crippen LogP contribution in [0.1, 0.15) is 38.8 Å². The third-order valence-corrected chi connectivity index (χ3v) is 7.08. The molecule has 33 heavy (non-hydrogen) atoms. The molecule has 2 amide bonds. The minimum absolute atomic E-state index is 0.0894. The second kappa shape index (κ2) is 9.91. The van der Waals surface area contributed by atoms with Crippen molar-refractivity contribution < 1.29 is 14.3 Å². The zero-order valence-corrected chi connectivity index (χ0v) is 20.4. The Labute approximate surface area is 199 Å². The fourth-order valence-corrected chi connectivity index (χ4v) is 5.37. The Balaban J connectivity index is 1.84. The van der Waals surface area contributed by atoms with Crippen LogP contribution in [0.25, 0.3) is 10.9 Å². The smallest absolute Gasteiger partial charge is 0.247 e. The summed E-state index contributed by atoms with van der Waals surface area (Å²) in [6.07, 6.45) is 0.882. The van der Waals surface area contributed by atoms with Crippen LogP contribution in [-0.2, 0) is 16.6 Å². The van der Waals surface area contributed by atoms with E-state index in [1.807, 2.05) is 56.4 Å². The Kier molecular flexibility index (Phi) is 6.98. The molecule has 3 aromatic rings. The van der Waals surface area contributed by atoms with Gasteiger partial charge in [-0.1, -0.05) is 43.8 Å². The van der Waals surface area contributed by atoms with Crippen molar-refractivity contribution >= 4 is 40.2 Å². The number of ether oxygens (including phenoxy) is 1. The maximum absolute atomic E-state index is 13.7. The monoisotopic (exact) mass is 465 g/mol. The van der Waals surface area contributed by atoms with Gasteiger partial charge in [-0.15, -0.1) is 0 Å². The predicted octanol–water partition coefficient (Wildman–Crippen LogP) is 4.92. The lowest BCUT2D eigenvalue weighted by atomic mass is 10.0. The predicted molar refractivity (Wildman–Crippen MR) is 134 cm³/mol. The average Bonchev–Trinajstić information content (AvgIpc) is 2.97. The van der Waals surface area contributed by atoms with Crippen LogP contribution in [0.2, 0.25) is 0 Å². The van der Waals surface area contributed by atoms with Crippen molar-refractivity contribution in [2.24, 2.45) is 13.0 Å². The van der Waals surface area contributed by atoms with Crippen LogP contribution in [0.5, 0.6) is 5.75 Å². The number of benzene rings is 2. The second-order valence-electron chi connectivity index (χ2n) is 8.65. The summed E-state index contributed by atoms with van der Waals surface area (Å²) in [5.41, 5.74) is 2.63. The number of hydrogen-bond donors (Lipinski definition) is 1. The Morgan fingerprint density at radius 2 is 1.91 bits per heavy atom. The van der Waals surface area contributed by atoms with E-state index < -0.39 is 6.04 Å². The van der Waals surface area contributed by atoms with Gasteiger partial charge in [-0.3, -0.25) is 14.5 Å². The van der Waals surface area contributed by atoms with Crippen LogP contribution in [0.3, 0.4) is 0 Å². The second-order valence-corrected chi connectivity index (χ2v) is 9.61. The van der Waals surface area contributed by atoms with Crippen molar-refractivity contribution in [2.45, 2.75) is 38.3 Å². The summed E-state index contributed by atoms with van der Waals surface area (Å²) in [5.74, 6) is 1.24. The molecule has 1 aromatic heterocycles. The molecule has 0 bridgehead atoms. The molecule has 2 heterocycles. The number of nitrogens with zero attached hydrogens (tertiary/aromatic N) is 2. The molecule has 6 nitrogen and oxygen atoms in total. The van der Waals surface area contributed by atoms with Crippen LogP contribution >= 0.6 is 11.8 Å². The fourth-order valence-electron chi connectivity index (χ4n) is 4.30. The minimum Gasteiger partial charge on any atom is -0.494 e. The highest BCUT2D eigenvalue weighted by atomic mass is 32.2. The first-order valence-corrected chi connectivity index (χ1v) is 12.4. The number of amides is 2. The van der Waals surface area contributed by atoms with Gasteiger partial charge in [0.05, 0.1) is 17.4 Å². The molecule has 0 spiro atoms. The number of aryl methyl sites for hydroxylation is 1. The number of carbonyl (C=O) groups excluding carboxylic acids is 2. The number of rotatable bonds is 7. The highest BCUT2D eigenvalue weighted by Gasteiger charge is 2.39. The SMILES string of the molecule is CCOc1ccc(N2C(=O)CSc3c(c4ccccc4n3C)C2C(=O)NCCC(C)C)cc1. The normalized spacial score (nSPS) is 16.1. The molecule has 1 unspecified atom stereocenters. The van der Waals surface area contributed by atoms with Gasteiger partial charge in [0.1, 0.15) is 11.8 Å². The molecule has 0 fully saturated rings. The van der Waals surface area contributed by atoms with E-state index in [4.69, 9.17) is 4.74 Å². The molecule has 4 rings (SSSR count). The number of anilines is 1. The highest BCUT2D eigenvalue weighted by Crippen LogP contribution is 2.43. The number of fused-ring (bicyclic) bond motifs is 3. The summed E-state index contributed by atoms with van der Waals surface area (Å²) in [6, 6.07) is 14.7. The molecule has 0 aliphatic carbocycles. The van der Waals surface area contributed by atoms with E-state index in [1.165, 1.54) is 11.8 Å². The maximum Gasteiger partial charge on any atom is 0.247 e. The first kappa shape index (κ1) is 23.2. The van der Waals surface area contributed by atoms with Gasteiger partial charge >= 0.3 is 0 Å². The lowest BCUT2D eigenvalue weighted by molar-refractivity contribution is -0.125. The lowest BCUT2D eigenvalue weighted by Crippen LogP contribution is -2.44. The molecule has 174 valence electrons. The molecule has 1 atom stereocenters. The number of hydrogen-bond acceptors (Lipinski definition) is 4. The number of carbonyl (C=O) groups is 2. The Bertz CT molecular complexity index is 1150. The Hall–Kier alpha value is -2.93. The molecule has 0 radical (unpaired) electrons. The molecular weight excluding hydrogens is 434 g/mol. The van der Waals surface area contributed by atoms with E-state index in [-0.39, 0.29) is 17.6 Å². The standard InChI is InChI=1S/C26H31N3O3S/c1-5-32-19-12-10-18(11-13-19)29-22(30)16-33-26-23(20-8-6-7-9-21(20)28(26)4)24(29)25(31)27-15-14-17(2)3/h6-13,17,24H,5,14-16H2,1-4H3,(H,27,31). The summed E-state index contributed by atoms with van der Waals surface area (Å²) >= 11 is 1.50. The molecular formula is C26H31N3O3S. The van der Waals surface area contributed by atoms with Crippen LogP contribution in [-0.4, -0.2) is 35.3 Å². The Morgan fingerprint density at radius 3 is 2.61 bits per heavy atom. The number of para-hydroxylation sites is 1. The van der Waals surface area contributed by atoms with Crippen molar-refractivity contribution in [3.63, 3.8) is 0 Å². The van der Waals surface area contributed by atoms with Gasteiger partial charge in [0, 0.05) is 35.7 Å². The zero-order chi connectivity index (χ0) is 23.5. The van der Waals surface area contributed by atoms with Crippen LogP contribution in [0.15, 0.2) is 53.6 Å². The molecule has 1 aliphatic rings. The zero-order valence-electron chi connectivity index (χ0n) is 19.6. The summed E-state index contributed by atoms with van der Waals surface area (Å²) in [7, 11) is 2.00. The van der Waals surface area contributed by atoms with Crippen molar-refractivity contribution in [1.29, 1.82) is 0 Å². The summed E-state index contributed by atoms with van der Waals surface area (Å²) in [5, 5.41) is 5.06. The van der Waals surface area contributed by atoms with Crippen LogP contribution < -0.4 is 15.0 Å². The van der Waals surface area contributed by atoms with Crippen LogP contribution in [0, 0.1) is 5.92 Å². The number of aromatic nitrogens is 1. The summed E-state index contributed by atoms with van der Waals surface area (Å²) in [4.78, 5) is 28.8. The maximum atomic E-state index is 13.7. The minimum atomic E-state index is -0.751. The fraction of sp³-hybridized carbons (Fsp3) is 0.385. The molecule has 1 N–H and O–H groups in total. The van der Waals surface area contributed by atoms with Gasteiger partial charge in [0.25, 0.3) is 0 Å². The van der Waals surface area contributed by atoms with Gasteiger partial charge in [0.15, 0.2) is 0 Å². The third kappa shape index (κ3) is 4.60. The first-order valence-electron chi connectivity index (χ1n) is 11.4. The van der Waals surface area contributed by atoms with E-state index in [9.17, 15) is 9.59 Å². The number of thioether (sulfide) groups is 1. The van der Waals surface area contributed by atoms with E-state index in [1.54, 1.807) is 4.90 Å². The van der Waals surface area contributed by atoms with Gasteiger partial charge in [0.2, 0.25) is 11.8 Å². The van der Waals surface area contributed by atoms with Crippen molar-refractivity contribution in [3.05, 3.63) is 54.1 Å². The number of nitrogens with one attached hydrogen (secondary N) is 1. The Morgan fingerprint density at radius 1 is 1.18 bits per heavy atom. The van der Waals surface area contributed by atoms with Crippen LogP contribution in [0.4, 0.5) is 5.69 Å². The van der Waals surface area contributed by atoms with E-state index >= 15 is 0 Å². The first-order chi connectivity index (χ1) is 15.9.